The van der Waals surface area contributed by atoms with Gasteiger partial charge in [0.1, 0.15) is 0 Å². The van der Waals surface area contributed by atoms with Gasteiger partial charge in [0.15, 0.2) is 0 Å². The van der Waals surface area contributed by atoms with Gasteiger partial charge in [0, 0.05) is 17.1 Å². The third-order valence-corrected chi connectivity index (χ3v) is 6.92. The van der Waals surface area contributed by atoms with Crippen LogP contribution in [0.25, 0.3) is 5.57 Å². The first kappa shape index (κ1) is 21.9. The van der Waals surface area contributed by atoms with Gasteiger partial charge in [-0.3, -0.25) is 4.31 Å². The fourth-order valence-corrected chi connectivity index (χ4v) is 4.79. The second-order valence-electron chi connectivity index (χ2n) is 6.97. The Balaban J connectivity index is 2.11. The second-order valence-corrected chi connectivity index (χ2v) is 9.27. The number of nitrogens with zero attached hydrogens (tertiary/aromatic N) is 1. The molecule has 0 aliphatic carbocycles. The van der Waals surface area contributed by atoms with Gasteiger partial charge in [0.05, 0.1) is 10.6 Å². The van der Waals surface area contributed by atoms with Crippen molar-refractivity contribution >= 4 is 32.9 Å². The fourth-order valence-electron chi connectivity index (χ4n) is 3.17. The first-order valence-electron chi connectivity index (χ1n) is 9.59. The van der Waals surface area contributed by atoms with Crippen LogP contribution in [-0.4, -0.2) is 15.0 Å². The molecule has 0 aromatic heterocycles. The molecule has 0 N–H and O–H groups in total. The van der Waals surface area contributed by atoms with Crippen LogP contribution in [0, 0.1) is 6.92 Å². The highest BCUT2D eigenvalue weighted by molar-refractivity contribution is 7.92. The molecule has 0 radical (unpaired) electrons. The van der Waals surface area contributed by atoms with Crippen LogP contribution in [0.15, 0.2) is 96.9 Å². The normalized spacial score (nSPS) is 11.1. The lowest BCUT2D eigenvalue weighted by atomic mass is 9.98. The minimum Gasteiger partial charge on any atom is -0.265 e. The summed E-state index contributed by atoms with van der Waals surface area (Å²) in [5.41, 5.74) is 3.94. The molecular weight excluding hydrogens is 414 g/mol. The average molecular weight is 438 g/mol. The molecule has 154 valence electrons. The highest BCUT2D eigenvalue weighted by atomic mass is 35.5. The Morgan fingerprint density at radius 2 is 1.63 bits per heavy atom. The molecule has 0 atom stereocenters. The maximum absolute atomic E-state index is 13.6. The van der Waals surface area contributed by atoms with E-state index in [0.29, 0.717) is 17.1 Å². The summed E-state index contributed by atoms with van der Waals surface area (Å²) < 4.78 is 28.5. The first-order chi connectivity index (χ1) is 14.3. The van der Waals surface area contributed by atoms with Crippen molar-refractivity contribution in [3.63, 3.8) is 0 Å². The van der Waals surface area contributed by atoms with Gasteiger partial charge in [-0.1, -0.05) is 72.3 Å². The predicted molar refractivity (Wildman–Crippen MR) is 127 cm³/mol. The number of anilines is 1. The Bertz CT molecular complexity index is 1150. The monoisotopic (exact) mass is 437 g/mol. The van der Waals surface area contributed by atoms with Crippen molar-refractivity contribution in [3.05, 3.63) is 114 Å². The van der Waals surface area contributed by atoms with Crippen LogP contribution in [0.4, 0.5) is 5.69 Å². The predicted octanol–water partition coefficient (Wildman–Crippen LogP) is 6.48. The molecule has 0 bridgehead atoms. The number of para-hydroxylation sites is 1. The standard InChI is InChI=1S/C25H24ClNO2S/c1-4-5-18-27(30(28,29)23-16-10-19(2)11-17-23)25-9-7-6-8-24(25)20(3)21-12-14-22(26)15-13-21/h4,6-17H,1,3,5,18H2,2H3. The molecule has 0 aliphatic rings. The van der Waals surface area contributed by atoms with E-state index < -0.39 is 10.0 Å². The van der Waals surface area contributed by atoms with E-state index in [9.17, 15) is 8.42 Å². The van der Waals surface area contributed by atoms with Crippen molar-refractivity contribution in [3.8, 4) is 0 Å². The van der Waals surface area contributed by atoms with E-state index in [1.807, 2.05) is 43.3 Å². The third-order valence-electron chi connectivity index (χ3n) is 4.84. The fraction of sp³-hybridized carbons (Fsp3) is 0.120. The number of hydrogen-bond donors (Lipinski definition) is 0. The molecule has 0 saturated heterocycles. The van der Waals surface area contributed by atoms with Crippen LogP contribution in [0.3, 0.4) is 0 Å². The maximum atomic E-state index is 13.6. The molecule has 5 heteroatoms. The zero-order valence-electron chi connectivity index (χ0n) is 16.9. The lowest BCUT2D eigenvalue weighted by Gasteiger charge is -2.27. The molecule has 0 aliphatic heterocycles. The minimum atomic E-state index is -3.76. The molecular formula is C25H24ClNO2S. The number of benzene rings is 3. The van der Waals surface area contributed by atoms with Crippen LogP contribution in [0.2, 0.25) is 5.02 Å². The molecule has 0 amide bonds. The van der Waals surface area contributed by atoms with Crippen LogP contribution in [0.1, 0.15) is 23.1 Å². The number of rotatable bonds is 8. The minimum absolute atomic E-state index is 0.254. The molecule has 0 spiro atoms. The van der Waals surface area contributed by atoms with E-state index in [2.05, 4.69) is 13.2 Å². The molecule has 0 saturated carbocycles. The number of sulfonamides is 1. The van der Waals surface area contributed by atoms with Crippen LogP contribution < -0.4 is 4.31 Å². The van der Waals surface area contributed by atoms with Crippen LogP contribution in [-0.2, 0) is 10.0 Å². The summed E-state index contributed by atoms with van der Waals surface area (Å²) in [5.74, 6) is 0. The van der Waals surface area contributed by atoms with Gasteiger partial charge >= 0.3 is 0 Å². The molecule has 0 fully saturated rings. The Labute approximate surface area is 184 Å². The summed E-state index contributed by atoms with van der Waals surface area (Å²) in [4.78, 5) is 0.254. The Kier molecular flexibility index (Phi) is 6.80. The number of halogens is 1. The van der Waals surface area contributed by atoms with E-state index in [4.69, 9.17) is 11.6 Å². The molecule has 3 nitrogen and oxygen atoms in total. The van der Waals surface area contributed by atoms with Gasteiger partial charge in [-0.15, -0.1) is 6.58 Å². The maximum Gasteiger partial charge on any atom is 0.264 e. The van der Waals surface area contributed by atoms with Crippen molar-refractivity contribution < 1.29 is 8.42 Å². The van der Waals surface area contributed by atoms with E-state index in [0.717, 1.165) is 22.3 Å². The first-order valence-corrected chi connectivity index (χ1v) is 11.4. The Morgan fingerprint density at radius 3 is 2.27 bits per heavy atom. The van der Waals surface area contributed by atoms with Crippen LogP contribution >= 0.6 is 11.6 Å². The van der Waals surface area contributed by atoms with Gasteiger partial charge < -0.3 is 0 Å². The Morgan fingerprint density at radius 1 is 1.00 bits per heavy atom. The molecule has 3 aromatic carbocycles. The van der Waals surface area contributed by atoms with E-state index in [1.54, 1.807) is 42.5 Å². The quantitative estimate of drug-likeness (QED) is 0.378. The van der Waals surface area contributed by atoms with Gasteiger partial charge in [0.2, 0.25) is 0 Å². The zero-order chi connectivity index (χ0) is 21.7. The summed E-state index contributed by atoms with van der Waals surface area (Å²) in [6.07, 6.45) is 2.24. The second kappa shape index (κ2) is 9.33. The molecule has 0 heterocycles. The zero-order valence-corrected chi connectivity index (χ0v) is 18.5. The summed E-state index contributed by atoms with van der Waals surface area (Å²) in [6, 6.07) is 21.6. The molecule has 3 aromatic rings. The SMILES string of the molecule is C=CCCN(c1ccccc1C(=C)c1ccc(Cl)cc1)S(=O)(=O)c1ccc(C)cc1. The third kappa shape index (κ3) is 4.66. The largest absolute Gasteiger partial charge is 0.265 e. The lowest BCUT2D eigenvalue weighted by molar-refractivity contribution is 0.591. The topological polar surface area (TPSA) is 37.4 Å². The summed E-state index contributed by atoms with van der Waals surface area (Å²) >= 11 is 6.01. The molecule has 30 heavy (non-hydrogen) atoms. The average Bonchev–Trinajstić information content (AvgIpc) is 2.74. The summed E-state index contributed by atoms with van der Waals surface area (Å²) in [6.45, 7) is 10.2. The van der Waals surface area contributed by atoms with Crippen LogP contribution in [0.5, 0.6) is 0 Å². The number of aryl methyl sites for hydroxylation is 1. The highest BCUT2D eigenvalue weighted by Gasteiger charge is 2.26. The summed E-state index contributed by atoms with van der Waals surface area (Å²) in [7, 11) is -3.76. The summed E-state index contributed by atoms with van der Waals surface area (Å²) in [5, 5.41) is 0.634. The van der Waals surface area contributed by atoms with Crippen molar-refractivity contribution in [2.45, 2.75) is 18.2 Å². The van der Waals surface area contributed by atoms with Gasteiger partial charge in [-0.25, -0.2) is 8.42 Å². The molecule has 0 unspecified atom stereocenters. The lowest BCUT2D eigenvalue weighted by Crippen LogP contribution is -2.32. The van der Waals surface area contributed by atoms with Crippen molar-refractivity contribution in [1.29, 1.82) is 0 Å². The smallest absolute Gasteiger partial charge is 0.264 e. The van der Waals surface area contributed by atoms with Crippen molar-refractivity contribution in [1.82, 2.24) is 0 Å². The van der Waals surface area contributed by atoms with Gasteiger partial charge in [0.25, 0.3) is 10.0 Å². The Hall–Kier alpha value is -2.82. The van der Waals surface area contributed by atoms with E-state index in [-0.39, 0.29) is 11.4 Å². The van der Waals surface area contributed by atoms with E-state index >= 15 is 0 Å². The van der Waals surface area contributed by atoms with Crippen molar-refractivity contribution in [2.24, 2.45) is 0 Å². The van der Waals surface area contributed by atoms with Gasteiger partial charge in [-0.05, 0) is 54.8 Å². The number of hydrogen-bond acceptors (Lipinski definition) is 2. The van der Waals surface area contributed by atoms with Crippen molar-refractivity contribution in [2.75, 3.05) is 10.8 Å². The highest BCUT2D eigenvalue weighted by Crippen LogP contribution is 2.34. The molecule has 3 rings (SSSR count). The van der Waals surface area contributed by atoms with E-state index in [1.165, 1.54) is 4.31 Å². The van der Waals surface area contributed by atoms with Gasteiger partial charge in [-0.2, -0.15) is 0 Å².